The summed E-state index contributed by atoms with van der Waals surface area (Å²) >= 11 is 1.61. The fourth-order valence-electron chi connectivity index (χ4n) is 1.75. The van der Waals surface area contributed by atoms with E-state index in [-0.39, 0.29) is 5.91 Å². The van der Waals surface area contributed by atoms with E-state index in [1.54, 1.807) is 29.5 Å². The molecule has 0 aliphatic rings. The number of nitrogens with one attached hydrogen (secondary N) is 1. The molecule has 1 aromatic heterocycles. The predicted octanol–water partition coefficient (Wildman–Crippen LogP) is 2.01. The summed E-state index contributed by atoms with van der Waals surface area (Å²) in [6.45, 7) is 2.51. The SMILES string of the molecule is COc1cc(C(=O)NCCc2nc(C)cs2)ccc1N. The van der Waals surface area contributed by atoms with Gasteiger partial charge in [-0.25, -0.2) is 4.98 Å². The Morgan fingerprint density at radius 3 is 2.95 bits per heavy atom. The van der Waals surface area contributed by atoms with Crippen molar-refractivity contribution in [3.05, 3.63) is 39.8 Å². The van der Waals surface area contributed by atoms with Gasteiger partial charge in [-0.2, -0.15) is 0 Å². The molecule has 0 unspecified atom stereocenters. The Balaban J connectivity index is 1.91. The maximum Gasteiger partial charge on any atom is 0.251 e. The number of methoxy groups -OCH3 is 1. The van der Waals surface area contributed by atoms with E-state index in [0.717, 1.165) is 17.1 Å². The van der Waals surface area contributed by atoms with Gasteiger partial charge in [-0.3, -0.25) is 4.79 Å². The average molecular weight is 291 g/mol. The predicted molar refractivity (Wildman–Crippen MR) is 80.3 cm³/mol. The standard InChI is InChI=1S/C14H17N3O2S/c1-9-8-20-13(17-9)5-6-16-14(18)10-3-4-11(15)12(7-10)19-2/h3-4,7-8H,5-6,15H2,1-2H3,(H,16,18). The molecule has 0 radical (unpaired) electrons. The maximum atomic E-state index is 12.0. The number of nitrogen functional groups attached to an aromatic ring is 1. The van der Waals surface area contributed by atoms with Crippen molar-refractivity contribution >= 4 is 22.9 Å². The number of nitrogens with two attached hydrogens (primary N) is 1. The summed E-state index contributed by atoms with van der Waals surface area (Å²) in [5.41, 5.74) is 7.78. The minimum atomic E-state index is -0.142. The van der Waals surface area contributed by atoms with Gasteiger partial charge < -0.3 is 15.8 Å². The number of hydrogen-bond donors (Lipinski definition) is 2. The van der Waals surface area contributed by atoms with Gasteiger partial charge in [0.1, 0.15) is 5.75 Å². The number of hydrogen-bond acceptors (Lipinski definition) is 5. The van der Waals surface area contributed by atoms with Crippen LogP contribution in [0.3, 0.4) is 0 Å². The van der Waals surface area contributed by atoms with E-state index >= 15 is 0 Å². The fourth-order valence-corrected chi connectivity index (χ4v) is 2.53. The minimum absolute atomic E-state index is 0.142. The van der Waals surface area contributed by atoms with Crippen molar-refractivity contribution < 1.29 is 9.53 Å². The van der Waals surface area contributed by atoms with E-state index in [1.165, 1.54) is 7.11 Å². The molecule has 0 atom stereocenters. The molecule has 1 amide bonds. The van der Waals surface area contributed by atoms with E-state index < -0.39 is 0 Å². The van der Waals surface area contributed by atoms with Crippen molar-refractivity contribution in [3.8, 4) is 5.75 Å². The van der Waals surface area contributed by atoms with E-state index in [2.05, 4.69) is 10.3 Å². The number of anilines is 1. The van der Waals surface area contributed by atoms with Crippen LogP contribution >= 0.6 is 11.3 Å². The zero-order valence-corrected chi connectivity index (χ0v) is 12.3. The van der Waals surface area contributed by atoms with Gasteiger partial charge in [-0.15, -0.1) is 11.3 Å². The summed E-state index contributed by atoms with van der Waals surface area (Å²) in [5, 5.41) is 5.89. The molecule has 0 fully saturated rings. The Morgan fingerprint density at radius 1 is 1.50 bits per heavy atom. The van der Waals surface area contributed by atoms with Crippen LogP contribution in [0.15, 0.2) is 23.6 Å². The molecule has 0 aliphatic heterocycles. The number of aryl methyl sites for hydroxylation is 1. The first-order chi connectivity index (χ1) is 9.60. The van der Waals surface area contributed by atoms with Gasteiger partial charge in [0.05, 0.1) is 17.8 Å². The van der Waals surface area contributed by atoms with Crippen molar-refractivity contribution in [2.75, 3.05) is 19.4 Å². The second-order valence-corrected chi connectivity index (χ2v) is 5.29. The second kappa shape index (κ2) is 6.38. The Kier molecular flexibility index (Phi) is 4.57. The fraction of sp³-hybridized carbons (Fsp3) is 0.286. The smallest absolute Gasteiger partial charge is 0.251 e. The van der Waals surface area contributed by atoms with Crippen LogP contribution in [0, 0.1) is 6.92 Å². The Labute approximate surface area is 121 Å². The molecule has 20 heavy (non-hydrogen) atoms. The lowest BCUT2D eigenvalue weighted by Gasteiger charge is -2.08. The number of nitrogens with zero attached hydrogens (tertiary/aromatic N) is 1. The van der Waals surface area contributed by atoms with Crippen LogP contribution in [0.1, 0.15) is 21.1 Å². The van der Waals surface area contributed by atoms with Crippen LogP contribution in [0.5, 0.6) is 5.75 Å². The number of carbonyl (C=O) groups excluding carboxylic acids is 1. The van der Waals surface area contributed by atoms with E-state index in [1.807, 2.05) is 12.3 Å². The highest BCUT2D eigenvalue weighted by atomic mass is 32.1. The van der Waals surface area contributed by atoms with Gasteiger partial charge in [0.2, 0.25) is 0 Å². The molecule has 0 aliphatic carbocycles. The lowest BCUT2D eigenvalue weighted by atomic mass is 10.2. The van der Waals surface area contributed by atoms with Crippen LogP contribution in [0.2, 0.25) is 0 Å². The zero-order valence-electron chi connectivity index (χ0n) is 11.5. The van der Waals surface area contributed by atoms with Gasteiger partial charge in [0.15, 0.2) is 0 Å². The molecule has 1 heterocycles. The molecule has 2 rings (SSSR count). The van der Waals surface area contributed by atoms with Crippen LogP contribution < -0.4 is 15.8 Å². The summed E-state index contributed by atoms with van der Waals surface area (Å²) in [5.74, 6) is 0.366. The van der Waals surface area contributed by atoms with Crippen LogP contribution in [0.4, 0.5) is 5.69 Å². The van der Waals surface area contributed by atoms with Crippen LogP contribution in [-0.4, -0.2) is 24.5 Å². The molecule has 2 aromatic rings. The third kappa shape index (κ3) is 3.48. The molecule has 0 spiro atoms. The number of rotatable bonds is 5. The summed E-state index contributed by atoms with van der Waals surface area (Å²) in [7, 11) is 1.53. The van der Waals surface area contributed by atoms with Gasteiger partial charge in [-0.05, 0) is 25.1 Å². The maximum absolute atomic E-state index is 12.0. The van der Waals surface area contributed by atoms with E-state index in [0.29, 0.717) is 23.5 Å². The molecule has 0 saturated carbocycles. The van der Waals surface area contributed by atoms with Gasteiger partial charge in [0.25, 0.3) is 5.91 Å². The topological polar surface area (TPSA) is 77.2 Å². The number of carbonyl (C=O) groups is 1. The third-order valence-electron chi connectivity index (χ3n) is 2.79. The first-order valence-electron chi connectivity index (χ1n) is 6.23. The lowest BCUT2D eigenvalue weighted by Crippen LogP contribution is -2.25. The molecular formula is C14H17N3O2S. The molecule has 3 N–H and O–H groups in total. The van der Waals surface area contributed by atoms with Gasteiger partial charge in [0, 0.05) is 29.6 Å². The highest BCUT2D eigenvalue weighted by Crippen LogP contribution is 2.22. The normalized spacial score (nSPS) is 10.3. The largest absolute Gasteiger partial charge is 0.495 e. The number of thiazole rings is 1. The van der Waals surface area contributed by atoms with E-state index in [4.69, 9.17) is 10.5 Å². The zero-order chi connectivity index (χ0) is 14.5. The molecule has 5 nitrogen and oxygen atoms in total. The lowest BCUT2D eigenvalue weighted by molar-refractivity contribution is 0.0954. The first-order valence-corrected chi connectivity index (χ1v) is 7.11. The number of aromatic nitrogens is 1. The van der Waals surface area contributed by atoms with Gasteiger partial charge >= 0.3 is 0 Å². The monoisotopic (exact) mass is 291 g/mol. The first kappa shape index (κ1) is 14.3. The molecule has 6 heteroatoms. The van der Waals surface area contributed by atoms with Crippen LogP contribution in [0.25, 0.3) is 0 Å². The Bertz CT molecular complexity index is 610. The third-order valence-corrected chi connectivity index (χ3v) is 3.81. The van der Waals surface area contributed by atoms with Crippen molar-refractivity contribution in [1.82, 2.24) is 10.3 Å². The summed E-state index contributed by atoms with van der Waals surface area (Å²) in [6, 6.07) is 4.98. The second-order valence-electron chi connectivity index (χ2n) is 4.35. The molecule has 1 aromatic carbocycles. The minimum Gasteiger partial charge on any atom is -0.495 e. The molecule has 0 bridgehead atoms. The summed E-state index contributed by atoms with van der Waals surface area (Å²) < 4.78 is 5.10. The van der Waals surface area contributed by atoms with Crippen molar-refractivity contribution in [3.63, 3.8) is 0 Å². The van der Waals surface area contributed by atoms with Crippen molar-refractivity contribution in [2.45, 2.75) is 13.3 Å². The van der Waals surface area contributed by atoms with Crippen LogP contribution in [-0.2, 0) is 6.42 Å². The molecule has 0 saturated heterocycles. The number of benzene rings is 1. The summed E-state index contributed by atoms with van der Waals surface area (Å²) in [4.78, 5) is 16.3. The molecule has 106 valence electrons. The Hall–Kier alpha value is -2.08. The highest BCUT2D eigenvalue weighted by Gasteiger charge is 2.08. The summed E-state index contributed by atoms with van der Waals surface area (Å²) in [6.07, 6.45) is 0.732. The average Bonchev–Trinajstić information content (AvgIpc) is 2.85. The molecular weight excluding hydrogens is 274 g/mol. The quantitative estimate of drug-likeness (QED) is 0.826. The number of amides is 1. The number of ether oxygens (including phenoxy) is 1. The van der Waals surface area contributed by atoms with E-state index in [9.17, 15) is 4.79 Å². The van der Waals surface area contributed by atoms with Crippen molar-refractivity contribution in [1.29, 1.82) is 0 Å². The highest BCUT2D eigenvalue weighted by molar-refractivity contribution is 7.09. The van der Waals surface area contributed by atoms with Gasteiger partial charge in [-0.1, -0.05) is 0 Å². The Morgan fingerprint density at radius 2 is 2.30 bits per heavy atom. The van der Waals surface area contributed by atoms with Crippen molar-refractivity contribution in [2.24, 2.45) is 0 Å².